The maximum Gasteiger partial charge on any atom is 0.631 e. The van der Waals surface area contributed by atoms with E-state index in [-0.39, 0.29) is 5.56 Å². The molecular formula is C9H13BO6. The van der Waals surface area contributed by atoms with E-state index in [0.29, 0.717) is 5.75 Å². The van der Waals surface area contributed by atoms with Gasteiger partial charge in [-0.1, -0.05) is 12.1 Å². The molecule has 4 N–H and O–H groups in total. The van der Waals surface area contributed by atoms with Crippen molar-refractivity contribution in [1.29, 1.82) is 0 Å². The van der Waals surface area contributed by atoms with Gasteiger partial charge in [0.2, 0.25) is 0 Å². The summed E-state index contributed by atoms with van der Waals surface area (Å²) in [5.41, 5.74) is 1.04. The summed E-state index contributed by atoms with van der Waals surface area (Å²) in [5, 5.41) is 30.2. The van der Waals surface area contributed by atoms with Gasteiger partial charge in [-0.15, -0.1) is 0 Å². The predicted octanol–water partition coefficient (Wildman–Crippen LogP) is -0.350. The van der Waals surface area contributed by atoms with Gasteiger partial charge < -0.3 is 24.9 Å². The first-order valence-corrected chi connectivity index (χ1v) is 4.31. The minimum absolute atomic E-state index is 0.206. The van der Waals surface area contributed by atoms with E-state index in [9.17, 15) is 4.79 Å². The second-order valence-electron chi connectivity index (χ2n) is 2.81. The molecule has 0 amide bonds. The monoisotopic (exact) mass is 228 g/mol. The lowest BCUT2D eigenvalue weighted by Crippen LogP contribution is -2.07. The predicted molar refractivity (Wildman–Crippen MR) is 57.1 cm³/mol. The number of aromatic carboxylic acids is 1. The fourth-order valence-corrected chi connectivity index (χ4v) is 1.09. The lowest BCUT2D eigenvalue weighted by molar-refractivity contribution is 0.0693. The minimum atomic E-state index is -2.17. The fourth-order valence-electron chi connectivity index (χ4n) is 1.09. The summed E-state index contributed by atoms with van der Waals surface area (Å²) in [6, 6.07) is 5.03. The third-order valence-electron chi connectivity index (χ3n) is 1.65. The van der Waals surface area contributed by atoms with Crippen molar-refractivity contribution in [3.05, 3.63) is 29.3 Å². The van der Waals surface area contributed by atoms with Crippen molar-refractivity contribution in [1.82, 2.24) is 0 Å². The van der Waals surface area contributed by atoms with Crippen molar-refractivity contribution in [2.45, 2.75) is 6.92 Å². The highest BCUT2D eigenvalue weighted by Gasteiger charge is 2.11. The molecule has 0 heterocycles. The number of carboxylic acids is 1. The molecule has 1 aromatic carbocycles. The summed E-state index contributed by atoms with van der Waals surface area (Å²) in [6.45, 7) is 1.81. The topological polar surface area (TPSA) is 107 Å². The Morgan fingerprint density at radius 2 is 1.81 bits per heavy atom. The second-order valence-corrected chi connectivity index (χ2v) is 2.81. The Balaban J connectivity index is 0.000000487. The quantitative estimate of drug-likeness (QED) is 0.515. The Kier molecular flexibility index (Phi) is 6.17. The number of carboxylic acid groups (broad SMARTS) is 1. The SMILES string of the molecule is COc1c(C)cccc1C(=O)O.OB(O)O. The highest BCUT2D eigenvalue weighted by Crippen LogP contribution is 2.22. The number of benzene rings is 1. The van der Waals surface area contributed by atoms with Crippen LogP contribution in [0.4, 0.5) is 0 Å². The van der Waals surface area contributed by atoms with Gasteiger partial charge in [-0.2, -0.15) is 0 Å². The zero-order valence-electron chi connectivity index (χ0n) is 8.91. The maximum absolute atomic E-state index is 10.7. The van der Waals surface area contributed by atoms with Crippen LogP contribution in [-0.4, -0.2) is 40.6 Å². The Hall–Kier alpha value is -1.57. The zero-order chi connectivity index (χ0) is 12.7. The number of para-hydroxylation sites is 1. The first kappa shape index (κ1) is 14.4. The van der Waals surface area contributed by atoms with Crippen LogP contribution in [-0.2, 0) is 0 Å². The molecule has 0 unspecified atom stereocenters. The molecule has 0 bridgehead atoms. The number of ether oxygens (including phenoxy) is 1. The van der Waals surface area contributed by atoms with E-state index < -0.39 is 13.3 Å². The fraction of sp³-hybridized carbons (Fsp3) is 0.222. The molecule has 6 nitrogen and oxygen atoms in total. The maximum atomic E-state index is 10.7. The van der Waals surface area contributed by atoms with E-state index in [4.69, 9.17) is 24.9 Å². The summed E-state index contributed by atoms with van der Waals surface area (Å²) in [4.78, 5) is 10.7. The van der Waals surface area contributed by atoms with E-state index in [2.05, 4.69) is 0 Å². The summed E-state index contributed by atoms with van der Waals surface area (Å²) in [6.07, 6.45) is 0. The van der Waals surface area contributed by atoms with Gasteiger partial charge in [0.05, 0.1) is 7.11 Å². The summed E-state index contributed by atoms with van der Waals surface area (Å²) < 4.78 is 4.96. The van der Waals surface area contributed by atoms with Gasteiger partial charge in [0, 0.05) is 0 Å². The number of aryl methyl sites for hydroxylation is 1. The van der Waals surface area contributed by atoms with Crippen LogP contribution in [0, 0.1) is 6.92 Å². The highest BCUT2D eigenvalue weighted by molar-refractivity contribution is 6.30. The summed E-state index contributed by atoms with van der Waals surface area (Å²) >= 11 is 0. The van der Waals surface area contributed by atoms with Gasteiger partial charge in [-0.3, -0.25) is 0 Å². The van der Waals surface area contributed by atoms with Crippen LogP contribution in [0.2, 0.25) is 0 Å². The molecular weight excluding hydrogens is 215 g/mol. The van der Waals surface area contributed by atoms with E-state index in [1.807, 2.05) is 13.0 Å². The van der Waals surface area contributed by atoms with E-state index in [0.717, 1.165) is 5.56 Å². The molecule has 0 radical (unpaired) electrons. The Labute approximate surface area is 92.9 Å². The van der Waals surface area contributed by atoms with Crippen molar-refractivity contribution >= 4 is 13.3 Å². The van der Waals surface area contributed by atoms with Crippen LogP contribution < -0.4 is 4.74 Å². The number of carbonyl (C=O) groups is 1. The van der Waals surface area contributed by atoms with Crippen molar-refractivity contribution in [2.75, 3.05) is 7.11 Å². The normalized spacial score (nSPS) is 8.81. The molecule has 0 saturated carbocycles. The molecule has 0 atom stereocenters. The molecule has 88 valence electrons. The number of hydrogen-bond donors (Lipinski definition) is 4. The van der Waals surface area contributed by atoms with Crippen molar-refractivity contribution in [3.63, 3.8) is 0 Å². The standard InChI is InChI=1S/C9H10O3.BH3O3/c1-6-4-3-5-7(9(10)11)8(6)12-2;2-1(3)4/h3-5H,1-2H3,(H,10,11);2-4H. The van der Waals surface area contributed by atoms with Crippen LogP contribution in [0.15, 0.2) is 18.2 Å². The zero-order valence-corrected chi connectivity index (χ0v) is 8.91. The molecule has 7 heteroatoms. The molecule has 0 spiro atoms. The second kappa shape index (κ2) is 6.83. The van der Waals surface area contributed by atoms with Crippen LogP contribution >= 0.6 is 0 Å². The molecule has 0 aromatic heterocycles. The van der Waals surface area contributed by atoms with Gasteiger partial charge >= 0.3 is 13.3 Å². The van der Waals surface area contributed by atoms with Gasteiger partial charge in [0.1, 0.15) is 11.3 Å². The summed E-state index contributed by atoms with van der Waals surface area (Å²) in [7, 11) is -0.700. The van der Waals surface area contributed by atoms with Crippen LogP contribution in [0.25, 0.3) is 0 Å². The lowest BCUT2D eigenvalue weighted by Gasteiger charge is -2.06. The van der Waals surface area contributed by atoms with Crippen molar-refractivity contribution < 1.29 is 29.7 Å². The first-order chi connectivity index (χ1) is 7.40. The number of methoxy groups -OCH3 is 1. The third-order valence-corrected chi connectivity index (χ3v) is 1.65. The van der Waals surface area contributed by atoms with Crippen LogP contribution in [0.5, 0.6) is 5.75 Å². The van der Waals surface area contributed by atoms with Gasteiger partial charge in [-0.25, -0.2) is 4.79 Å². The molecule has 0 fully saturated rings. The molecule has 0 saturated heterocycles. The third kappa shape index (κ3) is 4.78. The van der Waals surface area contributed by atoms with Crippen molar-refractivity contribution in [2.24, 2.45) is 0 Å². The number of rotatable bonds is 2. The Morgan fingerprint density at radius 1 is 1.31 bits per heavy atom. The van der Waals surface area contributed by atoms with Gasteiger partial charge in [-0.05, 0) is 18.6 Å². The van der Waals surface area contributed by atoms with Gasteiger partial charge in [0.25, 0.3) is 0 Å². The van der Waals surface area contributed by atoms with Crippen LogP contribution in [0.3, 0.4) is 0 Å². The van der Waals surface area contributed by atoms with Crippen molar-refractivity contribution in [3.8, 4) is 5.75 Å². The molecule has 1 rings (SSSR count). The largest absolute Gasteiger partial charge is 0.631 e. The highest BCUT2D eigenvalue weighted by atomic mass is 16.5. The van der Waals surface area contributed by atoms with E-state index in [1.165, 1.54) is 13.2 Å². The average molecular weight is 228 g/mol. The molecule has 16 heavy (non-hydrogen) atoms. The molecule has 0 aliphatic heterocycles. The smallest absolute Gasteiger partial charge is 0.496 e. The lowest BCUT2D eigenvalue weighted by atomic mass is 10.1. The van der Waals surface area contributed by atoms with Gasteiger partial charge in [0.15, 0.2) is 0 Å². The number of hydrogen-bond acceptors (Lipinski definition) is 5. The van der Waals surface area contributed by atoms with E-state index in [1.54, 1.807) is 6.07 Å². The Bertz CT molecular complexity index is 349. The first-order valence-electron chi connectivity index (χ1n) is 4.31. The molecule has 1 aromatic rings. The van der Waals surface area contributed by atoms with Crippen LogP contribution in [0.1, 0.15) is 15.9 Å². The summed E-state index contributed by atoms with van der Waals surface area (Å²) in [5.74, 6) is -0.527. The minimum Gasteiger partial charge on any atom is -0.496 e. The molecule has 0 aliphatic rings. The molecule has 0 aliphatic carbocycles. The van der Waals surface area contributed by atoms with E-state index >= 15 is 0 Å². The average Bonchev–Trinajstić information content (AvgIpc) is 2.16. The Morgan fingerprint density at radius 3 is 2.12 bits per heavy atom.